The van der Waals surface area contributed by atoms with E-state index in [1.165, 1.54) is 12.1 Å². The lowest BCUT2D eigenvalue weighted by molar-refractivity contribution is 0.382. The number of benzene rings is 2. The van der Waals surface area contributed by atoms with Crippen molar-refractivity contribution in [3.8, 4) is 11.4 Å². The predicted molar refractivity (Wildman–Crippen MR) is 121 cm³/mol. The molecular formula is C24H19FN4O2S. The Labute approximate surface area is 189 Å². The number of rotatable bonds is 5. The van der Waals surface area contributed by atoms with Gasteiger partial charge < -0.3 is 19.2 Å². The van der Waals surface area contributed by atoms with Gasteiger partial charge >= 0.3 is 0 Å². The Morgan fingerprint density at radius 2 is 1.84 bits per heavy atom. The number of aromatic nitrogens is 2. The normalized spacial score (nSPS) is 16.4. The maximum atomic E-state index is 13.6. The summed E-state index contributed by atoms with van der Waals surface area (Å²) in [6.45, 7) is 2.40. The van der Waals surface area contributed by atoms with Gasteiger partial charge in [0.15, 0.2) is 5.11 Å². The van der Waals surface area contributed by atoms with E-state index in [1.807, 2.05) is 54.3 Å². The first-order valence-corrected chi connectivity index (χ1v) is 10.5. The fourth-order valence-electron chi connectivity index (χ4n) is 3.75. The van der Waals surface area contributed by atoms with E-state index in [9.17, 15) is 4.39 Å². The Morgan fingerprint density at radius 1 is 1.06 bits per heavy atom. The van der Waals surface area contributed by atoms with Crippen LogP contribution in [0.5, 0.6) is 0 Å². The molecule has 160 valence electrons. The van der Waals surface area contributed by atoms with Crippen LogP contribution in [-0.4, -0.2) is 20.2 Å². The molecule has 0 saturated heterocycles. The highest BCUT2D eigenvalue weighted by atomic mass is 32.1. The minimum absolute atomic E-state index is 0.307. The number of allylic oxidation sites excluding steroid dienone is 1. The van der Waals surface area contributed by atoms with Crippen LogP contribution < -0.4 is 5.32 Å². The molecule has 2 aromatic carbocycles. The molecule has 0 saturated carbocycles. The molecule has 1 atom stereocenters. The highest BCUT2D eigenvalue weighted by Gasteiger charge is 2.34. The van der Waals surface area contributed by atoms with Gasteiger partial charge in [0.05, 0.1) is 24.4 Å². The van der Waals surface area contributed by atoms with Gasteiger partial charge in [-0.05, 0) is 49.0 Å². The van der Waals surface area contributed by atoms with Crippen molar-refractivity contribution >= 4 is 22.9 Å². The first-order valence-electron chi connectivity index (χ1n) is 10.1. The fourth-order valence-corrected chi connectivity index (χ4v) is 4.07. The Hall–Kier alpha value is -3.78. The molecule has 2 aromatic heterocycles. The lowest BCUT2D eigenvalue weighted by Crippen LogP contribution is -2.45. The topological polar surface area (TPSA) is 67.3 Å². The van der Waals surface area contributed by atoms with Crippen LogP contribution in [0.25, 0.3) is 17.0 Å². The van der Waals surface area contributed by atoms with Gasteiger partial charge in [-0.2, -0.15) is 4.98 Å². The Morgan fingerprint density at radius 3 is 2.56 bits per heavy atom. The standard InChI is InChI=1S/C24H19FN4O2S/c1-15-20(23-27-22(28-31-23)17-6-3-2-4-7-17)21(16-9-11-18(25)12-10-16)26-24(32)29(15)14-19-8-5-13-30-19/h2-13,21H,14H2,1H3,(H,26,32). The van der Waals surface area contributed by atoms with Crippen LogP contribution in [0.2, 0.25) is 0 Å². The van der Waals surface area contributed by atoms with E-state index in [4.69, 9.17) is 21.2 Å². The second kappa shape index (κ2) is 8.39. The van der Waals surface area contributed by atoms with Crippen molar-refractivity contribution < 1.29 is 13.3 Å². The van der Waals surface area contributed by atoms with E-state index >= 15 is 0 Å². The lowest BCUT2D eigenvalue weighted by atomic mass is 9.94. The molecule has 1 aliphatic heterocycles. The number of nitrogens with zero attached hydrogens (tertiary/aromatic N) is 3. The second-order valence-corrected chi connectivity index (χ2v) is 7.77. The third kappa shape index (κ3) is 3.80. The Balaban J connectivity index is 1.60. The summed E-state index contributed by atoms with van der Waals surface area (Å²) < 4.78 is 24.8. The zero-order valence-electron chi connectivity index (χ0n) is 17.2. The molecule has 1 aliphatic rings. The molecular weight excluding hydrogens is 427 g/mol. The quantitative estimate of drug-likeness (QED) is 0.416. The molecule has 32 heavy (non-hydrogen) atoms. The van der Waals surface area contributed by atoms with Gasteiger partial charge in [-0.1, -0.05) is 47.6 Å². The molecule has 6 nitrogen and oxygen atoms in total. The fraction of sp³-hybridized carbons (Fsp3) is 0.125. The van der Waals surface area contributed by atoms with Crippen molar-refractivity contribution in [3.05, 3.63) is 102 Å². The van der Waals surface area contributed by atoms with Gasteiger partial charge in [0, 0.05) is 11.3 Å². The molecule has 1 unspecified atom stereocenters. The zero-order valence-corrected chi connectivity index (χ0v) is 18.0. The lowest BCUT2D eigenvalue weighted by Gasteiger charge is -2.37. The molecule has 0 radical (unpaired) electrons. The van der Waals surface area contributed by atoms with E-state index in [-0.39, 0.29) is 11.9 Å². The van der Waals surface area contributed by atoms with Crippen LogP contribution in [0.1, 0.15) is 30.2 Å². The largest absolute Gasteiger partial charge is 0.467 e. The first kappa shape index (κ1) is 20.1. The second-order valence-electron chi connectivity index (χ2n) is 7.39. The summed E-state index contributed by atoms with van der Waals surface area (Å²) in [6.07, 6.45) is 1.63. The van der Waals surface area contributed by atoms with E-state index in [2.05, 4.69) is 15.5 Å². The van der Waals surface area contributed by atoms with E-state index in [1.54, 1.807) is 18.4 Å². The van der Waals surface area contributed by atoms with Crippen LogP contribution in [0.15, 0.2) is 87.6 Å². The Kier molecular flexibility index (Phi) is 5.28. The van der Waals surface area contributed by atoms with Crippen LogP contribution >= 0.6 is 12.2 Å². The number of hydrogen-bond donors (Lipinski definition) is 1. The van der Waals surface area contributed by atoms with Gasteiger partial charge in [0.25, 0.3) is 5.89 Å². The molecule has 0 amide bonds. The Bertz CT molecular complexity index is 1270. The minimum atomic E-state index is -0.375. The number of thiocarbonyl (C=S) groups is 1. The van der Waals surface area contributed by atoms with Crippen molar-refractivity contribution in [3.63, 3.8) is 0 Å². The number of nitrogens with one attached hydrogen (secondary N) is 1. The van der Waals surface area contributed by atoms with Crippen LogP contribution in [0.3, 0.4) is 0 Å². The molecule has 8 heteroatoms. The summed E-state index contributed by atoms with van der Waals surface area (Å²) >= 11 is 5.66. The van der Waals surface area contributed by atoms with Crippen molar-refractivity contribution in [2.45, 2.75) is 19.5 Å². The predicted octanol–water partition coefficient (Wildman–Crippen LogP) is 5.33. The van der Waals surface area contributed by atoms with E-state index < -0.39 is 0 Å². The summed E-state index contributed by atoms with van der Waals surface area (Å²) in [4.78, 5) is 6.59. The van der Waals surface area contributed by atoms with Crippen molar-refractivity contribution in [1.29, 1.82) is 0 Å². The minimum Gasteiger partial charge on any atom is -0.467 e. The van der Waals surface area contributed by atoms with E-state index in [0.29, 0.717) is 23.4 Å². The first-order chi connectivity index (χ1) is 15.6. The molecule has 0 aliphatic carbocycles. The third-order valence-corrected chi connectivity index (χ3v) is 5.72. The molecule has 0 spiro atoms. The summed E-state index contributed by atoms with van der Waals surface area (Å²) in [5.74, 6) is 1.32. The van der Waals surface area contributed by atoms with Crippen molar-refractivity contribution in [2.75, 3.05) is 0 Å². The molecule has 3 heterocycles. The molecule has 1 N–H and O–H groups in total. The number of furan rings is 1. The zero-order chi connectivity index (χ0) is 22.1. The summed E-state index contributed by atoms with van der Waals surface area (Å²) in [5, 5.41) is 8.06. The van der Waals surface area contributed by atoms with Crippen LogP contribution in [0.4, 0.5) is 4.39 Å². The molecule has 5 rings (SSSR count). The van der Waals surface area contributed by atoms with Gasteiger partial charge in [0.2, 0.25) is 5.82 Å². The SMILES string of the molecule is CC1=C(c2nc(-c3ccccc3)no2)C(c2ccc(F)cc2)NC(=S)N1Cc1ccco1. The number of hydrogen-bond acceptors (Lipinski definition) is 5. The highest BCUT2D eigenvalue weighted by molar-refractivity contribution is 7.80. The van der Waals surface area contributed by atoms with Crippen molar-refractivity contribution in [2.24, 2.45) is 0 Å². The molecule has 4 aromatic rings. The van der Waals surface area contributed by atoms with Gasteiger partial charge in [-0.3, -0.25) is 0 Å². The van der Waals surface area contributed by atoms with Crippen molar-refractivity contribution in [1.82, 2.24) is 20.4 Å². The van der Waals surface area contributed by atoms with Gasteiger partial charge in [-0.15, -0.1) is 0 Å². The highest BCUT2D eigenvalue weighted by Crippen LogP contribution is 2.38. The van der Waals surface area contributed by atoms with Gasteiger partial charge in [-0.25, -0.2) is 4.39 Å². The van der Waals surface area contributed by atoms with Crippen LogP contribution in [-0.2, 0) is 6.54 Å². The maximum Gasteiger partial charge on any atom is 0.258 e. The third-order valence-electron chi connectivity index (χ3n) is 5.38. The average Bonchev–Trinajstić information content (AvgIpc) is 3.50. The average molecular weight is 447 g/mol. The number of halogens is 1. The van der Waals surface area contributed by atoms with E-state index in [0.717, 1.165) is 28.2 Å². The monoisotopic (exact) mass is 446 g/mol. The smallest absolute Gasteiger partial charge is 0.258 e. The molecule has 0 bridgehead atoms. The summed E-state index contributed by atoms with van der Waals surface area (Å²) in [5.41, 5.74) is 3.31. The maximum absolute atomic E-state index is 13.6. The molecule has 0 fully saturated rings. The summed E-state index contributed by atoms with van der Waals surface area (Å²) in [6, 6.07) is 19.3. The van der Waals surface area contributed by atoms with Crippen LogP contribution in [0, 0.1) is 5.82 Å². The summed E-state index contributed by atoms with van der Waals surface area (Å²) in [7, 11) is 0. The van der Waals surface area contributed by atoms with Gasteiger partial charge in [0.1, 0.15) is 11.6 Å².